The Labute approximate surface area is 192 Å². The topological polar surface area (TPSA) is 69.6 Å². The molecule has 0 heterocycles. The van der Waals surface area contributed by atoms with Crippen molar-refractivity contribution in [2.24, 2.45) is 0 Å². The molecule has 1 amide bonds. The first kappa shape index (κ1) is 23.9. The maximum Gasteiger partial charge on any atom is 0.255 e. The Morgan fingerprint density at radius 3 is 2.50 bits per heavy atom. The van der Waals surface area contributed by atoms with Crippen LogP contribution in [0.1, 0.15) is 92.3 Å². The number of allylic oxidation sites excluding steroid dienone is 1. The van der Waals surface area contributed by atoms with Crippen LogP contribution in [0.5, 0.6) is 11.5 Å². The second-order valence-electron chi connectivity index (χ2n) is 9.25. The molecule has 0 saturated heterocycles. The normalized spacial score (nSPS) is 14.3. The van der Waals surface area contributed by atoms with E-state index in [-0.39, 0.29) is 23.4 Å². The number of phenolic OH excluding ortho intramolecular Hbond substituents is 2. The van der Waals surface area contributed by atoms with Crippen LogP contribution in [0.15, 0.2) is 30.8 Å². The van der Waals surface area contributed by atoms with Crippen LogP contribution >= 0.6 is 0 Å². The predicted molar refractivity (Wildman–Crippen MR) is 132 cm³/mol. The number of hydrogen-bond donors (Lipinski definition) is 3. The van der Waals surface area contributed by atoms with Crippen LogP contribution in [0, 0.1) is 6.92 Å². The Morgan fingerprint density at radius 1 is 1.12 bits per heavy atom. The highest BCUT2D eigenvalue weighted by atomic mass is 16.3. The first-order valence-corrected chi connectivity index (χ1v) is 12.0. The molecule has 1 saturated carbocycles. The molecule has 4 heteroatoms. The van der Waals surface area contributed by atoms with Gasteiger partial charge in [0.05, 0.1) is 11.1 Å². The molecule has 2 aromatic rings. The summed E-state index contributed by atoms with van der Waals surface area (Å²) in [5, 5.41) is 25.5. The average Bonchev–Trinajstić information content (AvgIpc) is 2.74. The highest BCUT2D eigenvalue weighted by Crippen LogP contribution is 2.44. The lowest BCUT2D eigenvalue weighted by atomic mass is 9.88. The minimum Gasteiger partial charge on any atom is -0.507 e. The van der Waals surface area contributed by atoms with E-state index in [1.165, 1.54) is 6.42 Å². The van der Waals surface area contributed by atoms with Crippen LogP contribution < -0.4 is 5.32 Å². The van der Waals surface area contributed by atoms with Gasteiger partial charge in [0.1, 0.15) is 11.5 Å². The highest BCUT2D eigenvalue weighted by Gasteiger charge is 2.26. The third-order valence-electron chi connectivity index (χ3n) is 6.48. The first-order chi connectivity index (χ1) is 15.3. The third-order valence-corrected chi connectivity index (χ3v) is 6.48. The van der Waals surface area contributed by atoms with E-state index in [2.05, 4.69) is 18.8 Å². The van der Waals surface area contributed by atoms with Crippen LogP contribution in [0.3, 0.4) is 0 Å². The SMILES string of the molecule is C=C(C)c1ccc(C)cc1-c1c(O)cc(CCCCC)c(C(=O)NC2CCCCC2)c1O. The molecular formula is C28H37NO3. The average molecular weight is 436 g/mol. The molecule has 3 N–H and O–H groups in total. The Morgan fingerprint density at radius 2 is 1.84 bits per heavy atom. The van der Waals surface area contributed by atoms with E-state index in [9.17, 15) is 15.0 Å². The summed E-state index contributed by atoms with van der Waals surface area (Å²) in [4.78, 5) is 13.4. The largest absolute Gasteiger partial charge is 0.507 e. The summed E-state index contributed by atoms with van der Waals surface area (Å²) in [6.07, 6.45) is 9.03. The molecule has 1 aliphatic rings. The van der Waals surface area contributed by atoms with Crippen molar-refractivity contribution < 1.29 is 15.0 Å². The van der Waals surface area contributed by atoms with Crippen LogP contribution in [0.2, 0.25) is 0 Å². The van der Waals surface area contributed by atoms with Crippen molar-refractivity contribution in [3.63, 3.8) is 0 Å². The quantitative estimate of drug-likeness (QED) is 0.395. The monoisotopic (exact) mass is 435 g/mol. The molecule has 32 heavy (non-hydrogen) atoms. The summed E-state index contributed by atoms with van der Waals surface area (Å²) in [5.74, 6) is -0.388. The fraction of sp³-hybridized carbons (Fsp3) is 0.464. The molecule has 172 valence electrons. The Balaban J connectivity index is 2.12. The Kier molecular flexibility index (Phi) is 8.00. The molecular weight excluding hydrogens is 398 g/mol. The third kappa shape index (κ3) is 5.35. The van der Waals surface area contributed by atoms with Gasteiger partial charge in [-0.3, -0.25) is 4.79 Å². The van der Waals surface area contributed by atoms with E-state index in [1.54, 1.807) is 6.07 Å². The number of unbranched alkanes of at least 4 members (excludes halogenated alkanes) is 2. The standard InChI is InChI=1S/C28H37NO3/c1-5-6-8-11-20-17-24(30)26(23-16-19(4)14-15-22(23)18(2)3)27(31)25(20)28(32)29-21-12-9-7-10-13-21/h14-17,21,30-31H,2,5-13H2,1,3-4H3,(H,29,32). The second-order valence-corrected chi connectivity index (χ2v) is 9.25. The van der Waals surface area contributed by atoms with Crippen LogP contribution in [-0.2, 0) is 6.42 Å². The summed E-state index contributed by atoms with van der Waals surface area (Å²) in [6.45, 7) is 10.1. The predicted octanol–water partition coefficient (Wildman–Crippen LogP) is 6.90. The van der Waals surface area contributed by atoms with Crippen molar-refractivity contribution >= 4 is 11.5 Å². The minimum atomic E-state index is -0.244. The maximum absolute atomic E-state index is 13.4. The Hall–Kier alpha value is -2.75. The zero-order valence-corrected chi connectivity index (χ0v) is 19.8. The lowest BCUT2D eigenvalue weighted by Crippen LogP contribution is -2.36. The number of rotatable bonds is 8. The van der Waals surface area contributed by atoms with E-state index < -0.39 is 0 Å². The van der Waals surface area contributed by atoms with Crippen molar-refractivity contribution in [1.82, 2.24) is 5.32 Å². The summed E-state index contributed by atoms with van der Waals surface area (Å²) in [7, 11) is 0. The molecule has 0 aromatic heterocycles. The van der Waals surface area contributed by atoms with Crippen LogP contribution in [-0.4, -0.2) is 22.2 Å². The zero-order chi connectivity index (χ0) is 23.3. The van der Waals surface area contributed by atoms with E-state index in [4.69, 9.17) is 0 Å². The van der Waals surface area contributed by atoms with Gasteiger partial charge in [-0.2, -0.15) is 0 Å². The fourth-order valence-electron chi connectivity index (χ4n) is 4.73. The molecule has 0 spiro atoms. The number of hydrogen-bond acceptors (Lipinski definition) is 3. The van der Waals surface area contributed by atoms with Gasteiger partial charge in [0.2, 0.25) is 0 Å². The molecule has 0 radical (unpaired) electrons. The van der Waals surface area contributed by atoms with Crippen molar-refractivity contribution in [2.75, 3.05) is 0 Å². The van der Waals surface area contributed by atoms with Gasteiger partial charge in [0.25, 0.3) is 5.91 Å². The van der Waals surface area contributed by atoms with Gasteiger partial charge in [-0.1, -0.05) is 74.9 Å². The zero-order valence-electron chi connectivity index (χ0n) is 19.8. The maximum atomic E-state index is 13.4. The number of aryl methyl sites for hydroxylation is 2. The summed E-state index contributed by atoms with van der Waals surface area (Å²) >= 11 is 0. The molecule has 1 fully saturated rings. The van der Waals surface area contributed by atoms with Gasteiger partial charge >= 0.3 is 0 Å². The van der Waals surface area contributed by atoms with Gasteiger partial charge in [0, 0.05) is 6.04 Å². The second kappa shape index (κ2) is 10.7. The number of carbonyl (C=O) groups excluding carboxylic acids is 1. The summed E-state index contributed by atoms with van der Waals surface area (Å²) < 4.78 is 0. The molecule has 0 aliphatic heterocycles. The van der Waals surface area contributed by atoms with E-state index >= 15 is 0 Å². The van der Waals surface area contributed by atoms with Crippen LogP contribution in [0.4, 0.5) is 0 Å². The van der Waals surface area contributed by atoms with E-state index in [0.29, 0.717) is 28.7 Å². The number of phenols is 2. The number of benzene rings is 2. The number of nitrogens with one attached hydrogen (secondary N) is 1. The number of amides is 1. The molecule has 1 aliphatic carbocycles. The smallest absolute Gasteiger partial charge is 0.255 e. The van der Waals surface area contributed by atoms with Crippen molar-refractivity contribution in [2.45, 2.75) is 84.6 Å². The number of carbonyl (C=O) groups is 1. The van der Waals surface area contributed by atoms with Gasteiger partial charge in [-0.25, -0.2) is 0 Å². The molecule has 0 bridgehead atoms. The molecule has 2 aromatic carbocycles. The molecule has 3 rings (SSSR count). The van der Waals surface area contributed by atoms with Crippen molar-refractivity contribution in [3.8, 4) is 22.6 Å². The molecule has 0 unspecified atom stereocenters. The fourth-order valence-corrected chi connectivity index (χ4v) is 4.73. The van der Waals surface area contributed by atoms with E-state index in [1.807, 2.05) is 32.0 Å². The van der Waals surface area contributed by atoms with Crippen LogP contribution in [0.25, 0.3) is 16.7 Å². The molecule has 4 nitrogen and oxygen atoms in total. The lowest BCUT2D eigenvalue weighted by Gasteiger charge is -2.24. The summed E-state index contributed by atoms with van der Waals surface area (Å²) in [6, 6.07) is 7.67. The van der Waals surface area contributed by atoms with Crippen molar-refractivity contribution in [1.29, 1.82) is 0 Å². The number of aromatic hydroxyl groups is 2. The van der Waals surface area contributed by atoms with Gasteiger partial charge in [-0.15, -0.1) is 0 Å². The highest BCUT2D eigenvalue weighted by molar-refractivity contribution is 6.02. The lowest BCUT2D eigenvalue weighted by molar-refractivity contribution is 0.0924. The minimum absolute atomic E-state index is 0.00341. The van der Waals surface area contributed by atoms with Crippen molar-refractivity contribution in [3.05, 3.63) is 53.1 Å². The van der Waals surface area contributed by atoms with E-state index in [0.717, 1.165) is 61.6 Å². The first-order valence-electron chi connectivity index (χ1n) is 12.0. The van der Waals surface area contributed by atoms with Gasteiger partial charge in [-0.05, 0) is 62.3 Å². The Bertz CT molecular complexity index is 987. The van der Waals surface area contributed by atoms with Gasteiger partial charge in [0.15, 0.2) is 0 Å². The molecule has 0 atom stereocenters. The van der Waals surface area contributed by atoms with Gasteiger partial charge < -0.3 is 15.5 Å². The summed E-state index contributed by atoms with van der Waals surface area (Å²) in [5.41, 5.74) is 4.68.